The largest absolute Gasteiger partial charge is 0.484 e. The van der Waals surface area contributed by atoms with Crippen LogP contribution in [0, 0.1) is 0 Å². The maximum absolute atomic E-state index is 13.4. The van der Waals surface area contributed by atoms with Gasteiger partial charge in [0, 0.05) is 0 Å². The summed E-state index contributed by atoms with van der Waals surface area (Å²) < 4.78 is 18.4. The lowest BCUT2D eigenvalue weighted by atomic mass is 10.1. The molecule has 70 valence electrons. The summed E-state index contributed by atoms with van der Waals surface area (Å²) in [6, 6.07) is 8.76. The monoisotopic (exact) mass is 198 g/mol. The first-order chi connectivity index (χ1) is 6.25. The van der Waals surface area contributed by atoms with E-state index in [0.717, 1.165) is 0 Å². The molecule has 0 aliphatic carbocycles. The Bertz CT molecular complexity index is 274. The van der Waals surface area contributed by atoms with Crippen LogP contribution in [0.4, 0.5) is 4.39 Å². The molecule has 0 aliphatic rings. The van der Waals surface area contributed by atoms with Crippen LogP contribution in [-0.4, -0.2) is 11.7 Å². The molecule has 0 bridgehead atoms. The van der Waals surface area contributed by atoms with E-state index in [0.29, 0.717) is 12.2 Å². The van der Waals surface area contributed by atoms with Crippen LogP contribution in [0.3, 0.4) is 0 Å². The second-order valence-corrected chi connectivity index (χ2v) is 2.93. The highest BCUT2D eigenvalue weighted by molar-refractivity contribution is 7.80. The summed E-state index contributed by atoms with van der Waals surface area (Å²) >= 11 is 4.76. The molecule has 1 atom stereocenters. The fourth-order valence-electron chi connectivity index (χ4n) is 0.974. The van der Waals surface area contributed by atoms with Gasteiger partial charge in [-0.1, -0.05) is 30.3 Å². The Labute approximate surface area is 82.5 Å². The summed E-state index contributed by atoms with van der Waals surface area (Å²) in [6.45, 7) is 2.19. The molecule has 0 aliphatic heterocycles. The standard InChI is InChI=1S/C10H11FOS/c1-2-12-10(13)9(11)8-6-4-3-5-7-8/h3-7,9H,2H2,1H3. The van der Waals surface area contributed by atoms with E-state index in [1.165, 1.54) is 0 Å². The van der Waals surface area contributed by atoms with Crippen molar-refractivity contribution in [2.75, 3.05) is 6.61 Å². The van der Waals surface area contributed by atoms with E-state index in [4.69, 9.17) is 17.0 Å². The minimum atomic E-state index is -1.30. The average Bonchev–Trinajstić information content (AvgIpc) is 2.18. The number of hydrogen-bond donors (Lipinski definition) is 0. The molecule has 1 aromatic carbocycles. The molecule has 3 heteroatoms. The molecule has 1 nitrogen and oxygen atoms in total. The van der Waals surface area contributed by atoms with Gasteiger partial charge >= 0.3 is 0 Å². The molecule has 0 saturated carbocycles. The average molecular weight is 198 g/mol. The van der Waals surface area contributed by atoms with Crippen LogP contribution in [0.1, 0.15) is 18.7 Å². The smallest absolute Gasteiger partial charge is 0.199 e. The van der Waals surface area contributed by atoms with Crippen molar-refractivity contribution in [2.45, 2.75) is 13.1 Å². The minimum absolute atomic E-state index is 0.00806. The van der Waals surface area contributed by atoms with E-state index in [1.807, 2.05) is 6.07 Å². The first-order valence-corrected chi connectivity index (χ1v) is 4.52. The third-order valence-corrected chi connectivity index (χ3v) is 1.91. The zero-order chi connectivity index (χ0) is 9.68. The third-order valence-electron chi connectivity index (χ3n) is 1.59. The van der Waals surface area contributed by atoms with Gasteiger partial charge in [-0.15, -0.1) is 0 Å². The lowest BCUT2D eigenvalue weighted by molar-refractivity contribution is 0.284. The fourth-order valence-corrected chi connectivity index (χ4v) is 1.23. The van der Waals surface area contributed by atoms with Crippen LogP contribution in [0.5, 0.6) is 0 Å². The van der Waals surface area contributed by atoms with E-state index in [2.05, 4.69) is 0 Å². The van der Waals surface area contributed by atoms with Crippen LogP contribution in [0.15, 0.2) is 30.3 Å². The predicted molar refractivity (Wildman–Crippen MR) is 54.5 cm³/mol. The highest BCUT2D eigenvalue weighted by Crippen LogP contribution is 2.19. The van der Waals surface area contributed by atoms with Gasteiger partial charge in [-0.25, -0.2) is 4.39 Å². The minimum Gasteiger partial charge on any atom is -0.484 e. The van der Waals surface area contributed by atoms with Gasteiger partial charge in [0.15, 0.2) is 11.2 Å². The summed E-state index contributed by atoms with van der Waals surface area (Å²) in [6.07, 6.45) is -1.30. The first-order valence-electron chi connectivity index (χ1n) is 4.11. The van der Waals surface area contributed by atoms with E-state index in [9.17, 15) is 4.39 Å². The predicted octanol–water partition coefficient (Wildman–Crippen LogP) is 3.06. The van der Waals surface area contributed by atoms with Crippen LogP contribution in [-0.2, 0) is 4.74 Å². The van der Waals surface area contributed by atoms with Crippen molar-refractivity contribution in [1.29, 1.82) is 0 Å². The van der Waals surface area contributed by atoms with Crippen molar-refractivity contribution in [3.8, 4) is 0 Å². The van der Waals surface area contributed by atoms with E-state index >= 15 is 0 Å². The summed E-state index contributed by atoms with van der Waals surface area (Å²) in [5.74, 6) is 0. The van der Waals surface area contributed by atoms with Crippen LogP contribution in [0.2, 0.25) is 0 Å². The highest BCUT2D eigenvalue weighted by atomic mass is 32.1. The van der Waals surface area contributed by atoms with E-state index in [1.54, 1.807) is 31.2 Å². The Balaban J connectivity index is 2.68. The Morgan fingerprint density at radius 3 is 2.62 bits per heavy atom. The van der Waals surface area contributed by atoms with Gasteiger partial charge in [0.05, 0.1) is 6.61 Å². The molecule has 0 aromatic heterocycles. The number of ether oxygens (including phenoxy) is 1. The number of halogens is 1. The quantitative estimate of drug-likeness (QED) is 0.690. The Kier molecular flexibility index (Phi) is 3.83. The summed E-state index contributed by atoms with van der Waals surface area (Å²) in [5.41, 5.74) is 0.543. The number of benzene rings is 1. The molecule has 0 spiro atoms. The first kappa shape index (κ1) is 10.1. The number of hydrogen-bond acceptors (Lipinski definition) is 2. The lowest BCUT2D eigenvalue weighted by Crippen LogP contribution is -2.09. The van der Waals surface area contributed by atoms with Crippen LogP contribution < -0.4 is 0 Å². The third kappa shape index (κ3) is 2.77. The Hall–Kier alpha value is -0.960. The summed E-state index contributed by atoms with van der Waals surface area (Å²) in [5, 5.41) is 0.00806. The molecule has 0 heterocycles. The second kappa shape index (κ2) is 4.92. The van der Waals surface area contributed by atoms with Crippen molar-refractivity contribution in [3.05, 3.63) is 35.9 Å². The van der Waals surface area contributed by atoms with Gasteiger partial charge in [0.2, 0.25) is 0 Å². The molecule has 1 aromatic rings. The van der Waals surface area contributed by atoms with Gasteiger partial charge in [-0.3, -0.25) is 0 Å². The molecule has 13 heavy (non-hydrogen) atoms. The second-order valence-electron chi connectivity index (χ2n) is 2.53. The zero-order valence-corrected chi connectivity index (χ0v) is 8.18. The zero-order valence-electron chi connectivity index (χ0n) is 7.37. The van der Waals surface area contributed by atoms with Crippen molar-refractivity contribution in [1.82, 2.24) is 0 Å². The van der Waals surface area contributed by atoms with E-state index in [-0.39, 0.29) is 5.05 Å². The topological polar surface area (TPSA) is 9.23 Å². The molecule has 0 saturated heterocycles. The van der Waals surface area contributed by atoms with E-state index < -0.39 is 6.17 Å². The molecular formula is C10H11FOS. The molecule has 0 amide bonds. The maximum atomic E-state index is 13.4. The van der Waals surface area contributed by atoms with Crippen molar-refractivity contribution in [3.63, 3.8) is 0 Å². The summed E-state index contributed by atoms with van der Waals surface area (Å²) in [7, 11) is 0. The van der Waals surface area contributed by atoms with Crippen LogP contribution in [0.25, 0.3) is 0 Å². The van der Waals surface area contributed by atoms with Crippen molar-refractivity contribution >= 4 is 17.3 Å². The molecule has 1 rings (SSSR count). The number of rotatable bonds is 3. The molecular weight excluding hydrogens is 187 g/mol. The Morgan fingerprint density at radius 1 is 1.46 bits per heavy atom. The van der Waals surface area contributed by atoms with Gasteiger partial charge in [0.25, 0.3) is 0 Å². The summed E-state index contributed by atoms with van der Waals surface area (Å²) in [4.78, 5) is 0. The highest BCUT2D eigenvalue weighted by Gasteiger charge is 2.15. The van der Waals surface area contributed by atoms with Gasteiger partial charge in [-0.2, -0.15) is 0 Å². The number of alkyl halides is 1. The number of thiocarbonyl (C=S) groups is 1. The maximum Gasteiger partial charge on any atom is 0.199 e. The molecule has 0 N–H and O–H groups in total. The fraction of sp³-hybridized carbons (Fsp3) is 0.300. The molecule has 0 radical (unpaired) electrons. The van der Waals surface area contributed by atoms with Crippen molar-refractivity contribution in [2.24, 2.45) is 0 Å². The normalized spacial score (nSPS) is 12.2. The lowest BCUT2D eigenvalue weighted by Gasteiger charge is -2.09. The van der Waals surface area contributed by atoms with Crippen LogP contribution >= 0.6 is 12.2 Å². The SMILES string of the molecule is CCOC(=S)C(F)c1ccccc1. The van der Waals surface area contributed by atoms with Gasteiger partial charge in [-0.05, 0) is 24.7 Å². The van der Waals surface area contributed by atoms with Gasteiger partial charge < -0.3 is 4.74 Å². The molecule has 0 fully saturated rings. The Morgan fingerprint density at radius 2 is 2.08 bits per heavy atom. The molecule has 1 unspecified atom stereocenters. The van der Waals surface area contributed by atoms with Crippen molar-refractivity contribution < 1.29 is 9.13 Å². The van der Waals surface area contributed by atoms with Gasteiger partial charge in [0.1, 0.15) is 0 Å².